The first kappa shape index (κ1) is 14.0. The monoisotopic (exact) mass is 241 g/mol. The standard InChI is InChI=1S/C12H23N3O2/c1-12(2,7-10(14)16)15-11(17)8-5-3-4-6-9(8)13/h8-9H,3-7,13H2,1-2H3,(H2,14,16)(H,15,17). The van der Waals surface area contributed by atoms with E-state index in [0.717, 1.165) is 25.7 Å². The van der Waals surface area contributed by atoms with Crippen LogP contribution in [0.15, 0.2) is 0 Å². The third-order valence-corrected chi connectivity index (χ3v) is 3.23. The molecule has 98 valence electrons. The van der Waals surface area contributed by atoms with Crippen LogP contribution in [-0.4, -0.2) is 23.4 Å². The number of hydrogen-bond acceptors (Lipinski definition) is 3. The molecule has 5 heteroatoms. The Morgan fingerprint density at radius 2 is 1.88 bits per heavy atom. The summed E-state index contributed by atoms with van der Waals surface area (Å²) in [7, 11) is 0. The predicted molar refractivity (Wildman–Crippen MR) is 66.0 cm³/mol. The molecule has 0 heterocycles. The summed E-state index contributed by atoms with van der Waals surface area (Å²) < 4.78 is 0. The molecule has 0 aliphatic heterocycles. The van der Waals surface area contributed by atoms with Crippen molar-refractivity contribution in [2.24, 2.45) is 17.4 Å². The van der Waals surface area contributed by atoms with Gasteiger partial charge in [-0.2, -0.15) is 0 Å². The van der Waals surface area contributed by atoms with Gasteiger partial charge in [0, 0.05) is 18.0 Å². The summed E-state index contributed by atoms with van der Waals surface area (Å²) in [5, 5.41) is 2.87. The molecule has 1 aliphatic rings. The molecule has 0 bridgehead atoms. The number of primary amides is 1. The van der Waals surface area contributed by atoms with Crippen molar-refractivity contribution in [3.8, 4) is 0 Å². The molecule has 0 aromatic carbocycles. The van der Waals surface area contributed by atoms with E-state index in [1.54, 1.807) is 13.8 Å². The highest BCUT2D eigenvalue weighted by Gasteiger charge is 2.32. The molecule has 1 fully saturated rings. The first-order valence-electron chi connectivity index (χ1n) is 6.18. The van der Waals surface area contributed by atoms with E-state index < -0.39 is 11.4 Å². The number of amides is 2. The average molecular weight is 241 g/mol. The Balaban J connectivity index is 2.55. The Morgan fingerprint density at radius 1 is 1.29 bits per heavy atom. The van der Waals surface area contributed by atoms with Crippen LogP contribution in [0.2, 0.25) is 0 Å². The molecule has 2 amide bonds. The Bertz CT molecular complexity index is 302. The lowest BCUT2D eigenvalue weighted by atomic mass is 9.83. The molecule has 17 heavy (non-hydrogen) atoms. The molecule has 0 spiro atoms. The Kier molecular flexibility index (Phi) is 4.51. The molecule has 5 N–H and O–H groups in total. The second kappa shape index (κ2) is 5.49. The van der Waals surface area contributed by atoms with E-state index in [0.29, 0.717) is 0 Å². The van der Waals surface area contributed by atoms with Crippen LogP contribution in [0.1, 0.15) is 46.0 Å². The number of nitrogens with one attached hydrogen (secondary N) is 1. The molecule has 0 aromatic heterocycles. The van der Waals surface area contributed by atoms with Gasteiger partial charge in [-0.05, 0) is 26.7 Å². The first-order valence-corrected chi connectivity index (χ1v) is 6.18. The zero-order valence-corrected chi connectivity index (χ0v) is 10.7. The van der Waals surface area contributed by atoms with Crippen molar-refractivity contribution in [1.82, 2.24) is 5.32 Å². The summed E-state index contributed by atoms with van der Waals surface area (Å²) in [6.45, 7) is 3.59. The zero-order chi connectivity index (χ0) is 13.1. The second-order valence-electron chi connectivity index (χ2n) is 5.57. The fourth-order valence-electron chi connectivity index (χ4n) is 2.39. The minimum absolute atomic E-state index is 0.0524. The Hall–Kier alpha value is -1.10. The molecule has 0 saturated heterocycles. The normalized spacial score (nSPS) is 25.4. The SMILES string of the molecule is CC(C)(CC(N)=O)NC(=O)C1CCCCC1N. The molecule has 1 rings (SSSR count). The maximum Gasteiger partial charge on any atom is 0.225 e. The minimum atomic E-state index is -0.597. The van der Waals surface area contributed by atoms with Crippen molar-refractivity contribution >= 4 is 11.8 Å². The van der Waals surface area contributed by atoms with E-state index in [1.807, 2.05) is 0 Å². The van der Waals surface area contributed by atoms with E-state index >= 15 is 0 Å². The first-order chi connectivity index (χ1) is 7.82. The van der Waals surface area contributed by atoms with E-state index in [1.165, 1.54) is 0 Å². The van der Waals surface area contributed by atoms with Gasteiger partial charge in [-0.3, -0.25) is 9.59 Å². The van der Waals surface area contributed by atoms with Gasteiger partial charge in [-0.15, -0.1) is 0 Å². The maximum absolute atomic E-state index is 12.1. The molecule has 2 atom stereocenters. The molecular weight excluding hydrogens is 218 g/mol. The van der Waals surface area contributed by atoms with Gasteiger partial charge >= 0.3 is 0 Å². The van der Waals surface area contributed by atoms with E-state index in [2.05, 4.69) is 5.32 Å². The number of nitrogens with two attached hydrogens (primary N) is 2. The van der Waals surface area contributed by atoms with Gasteiger partial charge in [0.05, 0.1) is 5.92 Å². The van der Waals surface area contributed by atoms with Crippen LogP contribution < -0.4 is 16.8 Å². The van der Waals surface area contributed by atoms with E-state index in [4.69, 9.17) is 11.5 Å². The van der Waals surface area contributed by atoms with Gasteiger partial charge in [0.2, 0.25) is 11.8 Å². The van der Waals surface area contributed by atoms with Crippen molar-refractivity contribution in [3.63, 3.8) is 0 Å². The number of carbonyl (C=O) groups is 2. The lowest BCUT2D eigenvalue weighted by Crippen LogP contribution is -2.52. The van der Waals surface area contributed by atoms with Gasteiger partial charge in [0.15, 0.2) is 0 Å². The molecule has 5 nitrogen and oxygen atoms in total. The van der Waals surface area contributed by atoms with Crippen molar-refractivity contribution in [3.05, 3.63) is 0 Å². The van der Waals surface area contributed by atoms with Crippen LogP contribution in [0.4, 0.5) is 0 Å². The van der Waals surface area contributed by atoms with Crippen LogP contribution in [0, 0.1) is 5.92 Å². The zero-order valence-electron chi connectivity index (χ0n) is 10.7. The van der Waals surface area contributed by atoms with E-state index in [9.17, 15) is 9.59 Å². The summed E-state index contributed by atoms with van der Waals surface area (Å²) in [5.41, 5.74) is 10.5. The molecule has 0 radical (unpaired) electrons. The van der Waals surface area contributed by atoms with Crippen molar-refractivity contribution in [2.45, 2.75) is 57.5 Å². The van der Waals surface area contributed by atoms with Gasteiger partial charge < -0.3 is 16.8 Å². The highest BCUT2D eigenvalue weighted by atomic mass is 16.2. The lowest BCUT2D eigenvalue weighted by molar-refractivity contribution is -0.128. The Morgan fingerprint density at radius 3 is 2.41 bits per heavy atom. The lowest BCUT2D eigenvalue weighted by Gasteiger charge is -2.32. The highest BCUT2D eigenvalue weighted by molar-refractivity contribution is 5.82. The number of rotatable bonds is 4. The molecule has 1 aliphatic carbocycles. The summed E-state index contributed by atoms with van der Waals surface area (Å²) in [6.07, 6.45) is 4.01. The highest BCUT2D eigenvalue weighted by Crippen LogP contribution is 2.24. The summed E-state index contributed by atoms with van der Waals surface area (Å²) in [6, 6.07) is -0.0619. The molecule has 0 aromatic rings. The fraction of sp³-hybridized carbons (Fsp3) is 0.833. The van der Waals surface area contributed by atoms with Crippen LogP contribution in [0.25, 0.3) is 0 Å². The minimum Gasteiger partial charge on any atom is -0.370 e. The van der Waals surface area contributed by atoms with E-state index in [-0.39, 0.29) is 24.3 Å². The summed E-state index contributed by atoms with van der Waals surface area (Å²) in [4.78, 5) is 22.9. The number of hydrogen-bond donors (Lipinski definition) is 3. The summed E-state index contributed by atoms with van der Waals surface area (Å²) in [5.74, 6) is -0.595. The third kappa shape index (κ3) is 4.34. The van der Waals surface area contributed by atoms with Gasteiger partial charge in [0.1, 0.15) is 0 Å². The van der Waals surface area contributed by atoms with Crippen LogP contribution in [-0.2, 0) is 9.59 Å². The maximum atomic E-state index is 12.1. The molecule has 2 unspecified atom stereocenters. The fourth-order valence-corrected chi connectivity index (χ4v) is 2.39. The quantitative estimate of drug-likeness (QED) is 0.659. The van der Waals surface area contributed by atoms with Crippen molar-refractivity contribution in [2.75, 3.05) is 0 Å². The second-order valence-corrected chi connectivity index (χ2v) is 5.57. The van der Waals surface area contributed by atoms with Gasteiger partial charge in [-0.1, -0.05) is 12.8 Å². The van der Waals surface area contributed by atoms with Crippen LogP contribution in [0.3, 0.4) is 0 Å². The number of carbonyl (C=O) groups excluding carboxylic acids is 2. The molecular formula is C12H23N3O2. The average Bonchev–Trinajstić information content (AvgIpc) is 2.14. The van der Waals surface area contributed by atoms with Gasteiger partial charge in [0.25, 0.3) is 0 Å². The van der Waals surface area contributed by atoms with Crippen LogP contribution in [0.5, 0.6) is 0 Å². The van der Waals surface area contributed by atoms with Gasteiger partial charge in [-0.25, -0.2) is 0 Å². The Labute approximate surface area is 102 Å². The smallest absolute Gasteiger partial charge is 0.225 e. The van der Waals surface area contributed by atoms with Crippen LogP contribution >= 0.6 is 0 Å². The third-order valence-electron chi connectivity index (χ3n) is 3.23. The van der Waals surface area contributed by atoms with Crippen molar-refractivity contribution < 1.29 is 9.59 Å². The topological polar surface area (TPSA) is 98.2 Å². The molecule has 1 saturated carbocycles. The largest absolute Gasteiger partial charge is 0.370 e. The van der Waals surface area contributed by atoms with Crippen molar-refractivity contribution in [1.29, 1.82) is 0 Å². The predicted octanol–water partition coefficient (Wildman–Crippen LogP) is 0.274. The summed E-state index contributed by atoms with van der Waals surface area (Å²) >= 11 is 0.